The van der Waals surface area contributed by atoms with Crippen LogP contribution in [0.1, 0.15) is 18.4 Å². The Morgan fingerprint density at radius 1 is 1.50 bits per heavy atom. The smallest absolute Gasteiger partial charge is 0.303 e. The van der Waals surface area contributed by atoms with Crippen molar-refractivity contribution in [1.82, 2.24) is 9.88 Å². The molecule has 0 amide bonds. The second kappa shape index (κ2) is 6.47. The van der Waals surface area contributed by atoms with Gasteiger partial charge in [-0.25, -0.2) is 0 Å². The lowest BCUT2D eigenvalue weighted by Crippen LogP contribution is -2.42. The van der Waals surface area contributed by atoms with E-state index in [2.05, 4.69) is 9.88 Å². The van der Waals surface area contributed by atoms with E-state index in [1.165, 1.54) is 5.56 Å². The predicted molar refractivity (Wildman–Crippen MR) is 66.1 cm³/mol. The predicted octanol–water partition coefficient (Wildman–Crippen LogP) is 1.15. The van der Waals surface area contributed by atoms with E-state index in [0.29, 0.717) is 13.0 Å². The summed E-state index contributed by atoms with van der Waals surface area (Å²) in [5.74, 6) is -0.759. The monoisotopic (exact) mass is 250 g/mol. The van der Waals surface area contributed by atoms with Crippen molar-refractivity contribution in [2.45, 2.75) is 25.5 Å². The number of rotatable bonds is 5. The third-order valence-electron chi connectivity index (χ3n) is 3.06. The van der Waals surface area contributed by atoms with Gasteiger partial charge in [0, 0.05) is 38.4 Å². The Morgan fingerprint density at radius 3 is 3.00 bits per heavy atom. The quantitative estimate of drug-likeness (QED) is 0.849. The van der Waals surface area contributed by atoms with Crippen molar-refractivity contribution >= 4 is 5.97 Å². The van der Waals surface area contributed by atoms with E-state index in [9.17, 15) is 4.79 Å². The van der Waals surface area contributed by atoms with Gasteiger partial charge in [0.1, 0.15) is 0 Å². The summed E-state index contributed by atoms with van der Waals surface area (Å²) in [4.78, 5) is 16.8. The molecule has 18 heavy (non-hydrogen) atoms. The Bertz CT molecular complexity index is 383. The summed E-state index contributed by atoms with van der Waals surface area (Å²) in [5.41, 5.74) is 1.23. The zero-order valence-corrected chi connectivity index (χ0v) is 10.3. The maximum absolute atomic E-state index is 10.5. The Kier molecular flexibility index (Phi) is 4.66. The number of morpholine rings is 1. The molecule has 1 aliphatic heterocycles. The number of pyridine rings is 1. The number of aromatic nitrogens is 1. The fourth-order valence-electron chi connectivity index (χ4n) is 2.13. The summed E-state index contributed by atoms with van der Waals surface area (Å²) in [6.07, 6.45) is 4.38. The molecule has 5 heteroatoms. The van der Waals surface area contributed by atoms with Crippen molar-refractivity contribution in [2.75, 3.05) is 19.7 Å². The third kappa shape index (κ3) is 4.09. The summed E-state index contributed by atoms with van der Waals surface area (Å²) < 4.78 is 5.58. The van der Waals surface area contributed by atoms with Crippen LogP contribution in [0, 0.1) is 0 Å². The molecule has 0 bridgehead atoms. The second-order valence-corrected chi connectivity index (χ2v) is 4.52. The summed E-state index contributed by atoms with van der Waals surface area (Å²) in [7, 11) is 0. The molecule has 98 valence electrons. The zero-order chi connectivity index (χ0) is 12.8. The molecule has 5 nitrogen and oxygen atoms in total. The van der Waals surface area contributed by atoms with Crippen molar-refractivity contribution in [3.8, 4) is 0 Å². The first kappa shape index (κ1) is 13.0. The summed E-state index contributed by atoms with van der Waals surface area (Å²) in [5, 5.41) is 8.67. The van der Waals surface area contributed by atoms with E-state index in [1.54, 1.807) is 12.4 Å². The van der Waals surface area contributed by atoms with E-state index >= 15 is 0 Å². The zero-order valence-electron chi connectivity index (χ0n) is 10.3. The summed E-state index contributed by atoms with van der Waals surface area (Å²) >= 11 is 0. The average Bonchev–Trinajstić information content (AvgIpc) is 2.38. The minimum absolute atomic E-state index is 0.0386. The molecule has 0 aliphatic carbocycles. The van der Waals surface area contributed by atoms with E-state index in [0.717, 1.165) is 19.6 Å². The van der Waals surface area contributed by atoms with E-state index < -0.39 is 5.97 Å². The largest absolute Gasteiger partial charge is 0.481 e. The normalized spacial score (nSPS) is 20.8. The van der Waals surface area contributed by atoms with Gasteiger partial charge >= 0.3 is 5.97 Å². The number of carboxylic acid groups (broad SMARTS) is 1. The lowest BCUT2D eigenvalue weighted by atomic mass is 10.1. The number of hydrogen-bond donors (Lipinski definition) is 1. The fourth-order valence-corrected chi connectivity index (χ4v) is 2.13. The number of aliphatic carboxylic acids is 1. The maximum atomic E-state index is 10.5. The van der Waals surface area contributed by atoms with Crippen LogP contribution in [-0.4, -0.2) is 46.8 Å². The molecule has 1 saturated heterocycles. The first-order valence-corrected chi connectivity index (χ1v) is 6.18. The second-order valence-electron chi connectivity index (χ2n) is 4.52. The standard InChI is InChI=1S/C13H18N2O3/c16-13(17)2-1-12-10-15(7-8-18-12)9-11-3-5-14-6-4-11/h3-6,12H,1-2,7-10H2,(H,16,17). The highest BCUT2D eigenvalue weighted by Crippen LogP contribution is 2.13. The van der Waals surface area contributed by atoms with Gasteiger partial charge in [-0.15, -0.1) is 0 Å². The van der Waals surface area contributed by atoms with Gasteiger partial charge in [0.2, 0.25) is 0 Å². The highest BCUT2D eigenvalue weighted by molar-refractivity contribution is 5.66. The molecule has 0 spiro atoms. The van der Waals surface area contributed by atoms with Crippen molar-refractivity contribution in [3.05, 3.63) is 30.1 Å². The van der Waals surface area contributed by atoms with E-state index in [-0.39, 0.29) is 12.5 Å². The Balaban J connectivity index is 1.81. The number of carboxylic acids is 1. The first-order chi connectivity index (χ1) is 8.74. The Morgan fingerprint density at radius 2 is 2.28 bits per heavy atom. The molecule has 1 atom stereocenters. The van der Waals surface area contributed by atoms with E-state index in [1.807, 2.05) is 12.1 Å². The van der Waals surface area contributed by atoms with Crippen LogP contribution in [0.2, 0.25) is 0 Å². The van der Waals surface area contributed by atoms with Gasteiger partial charge in [-0.3, -0.25) is 14.7 Å². The molecular formula is C13H18N2O3. The summed E-state index contributed by atoms with van der Waals surface area (Å²) in [6, 6.07) is 4.00. The molecule has 1 unspecified atom stereocenters. The van der Waals surface area contributed by atoms with Crippen LogP contribution >= 0.6 is 0 Å². The Labute approximate surface area is 106 Å². The van der Waals surface area contributed by atoms with Crippen molar-refractivity contribution < 1.29 is 14.6 Å². The van der Waals surface area contributed by atoms with Gasteiger partial charge < -0.3 is 9.84 Å². The molecule has 1 aromatic heterocycles. The van der Waals surface area contributed by atoms with Gasteiger partial charge in [-0.05, 0) is 24.1 Å². The minimum Gasteiger partial charge on any atom is -0.481 e. The molecule has 1 aromatic rings. The van der Waals surface area contributed by atoms with E-state index in [4.69, 9.17) is 9.84 Å². The van der Waals surface area contributed by atoms with Gasteiger partial charge in [0.25, 0.3) is 0 Å². The highest BCUT2D eigenvalue weighted by atomic mass is 16.5. The van der Waals surface area contributed by atoms with Crippen LogP contribution < -0.4 is 0 Å². The number of carbonyl (C=O) groups is 1. The van der Waals surface area contributed by atoms with Crippen molar-refractivity contribution in [1.29, 1.82) is 0 Å². The topological polar surface area (TPSA) is 62.7 Å². The average molecular weight is 250 g/mol. The molecule has 0 aromatic carbocycles. The molecule has 1 fully saturated rings. The molecule has 0 saturated carbocycles. The van der Waals surface area contributed by atoms with Crippen molar-refractivity contribution in [3.63, 3.8) is 0 Å². The number of nitrogens with zero attached hydrogens (tertiary/aromatic N) is 2. The van der Waals surface area contributed by atoms with Crippen LogP contribution in [0.3, 0.4) is 0 Å². The first-order valence-electron chi connectivity index (χ1n) is 6.18. The maximum Gasteiger partial charge on any atom is 0.303 e. The summed E-state index contributed by atoms with van der Waals surface area (Å²) in [6.45, 7) is 3.24. The van der Waals surface area contributed by atoms with Crippen LogP contribution in [0.5, 0.6) is 0 Å². The van der Waals surface area contributed by atoms with Crippen LogP contribution in [-0.2, 0) is 16.1 Å². The Hall–Kier alpha value is -1.46. The van der Waals surface area contributed by atoms with Gasteiger partial charge in [0.05, 0.1) is 12.7 Å². The molecule has 1 N–H and O–H groups in total. The molecule has 0 radical (unpaired) electrons. The van der Waals surface area contributed by atoms with Crippen LogP contribution in [0.15, 0.2) is 24.5 Å². The molecule has 2 rings (SSSR count). The lowest BCUT2D eigenvalue weighted by molar-refractivity contribution is -0.138. The van der Waals surface area contributed by atoms with Gasteiger partial charge in [0.15, 0.2) is 0 Å². The molecule has 2 heterocycles. The fraction of sp³-hybridized carbons (Fsp3) is 0.538. The minimum atomic E-state index is -0.759. The van der Waals surface area contributed by atoms with Crippen LogP contribution in [0.4, 0.5) is 0 Å². The molecule has 1 aliphatic rings. The number of ether oxygens (including phenoxy) is 1. The third-order valence-corrected chi connectivity index (χ3v) is 3.06. The lowest BCUT2D eigenvalue weighted by Gasteiger charge is -2.32. The van der Waals surface area contributed by atoms with Crippen LogP contribution in [0.25, 0.3) is 0 Å². The number of hydrogen-bond acceptors (Lipinski definition) is 4. The van der Waals surface area contributed by atoms with Crippen molar-refractivity contribution in [2.24, 2.45) is 0 Å². The van der Waals surface area contributed by atoms with Gasteiger partial charge in [-0.2, -0.15) is 0 Å². The highest BCUT2D eigenvalue weighted by Gasteiger charge is 2.20. The molecular weight excluding hydrogens is 232 g/mol. The SMILES string of the molecule is O=C(O)CCC1CN(Cc2ccncc2)CCO1. The van der Waals surface area contributed by atoms with Gasteiger partial charge in [-0.1, -0.05) is 0 Å².